The Morgan fingerprint density at radius 2 is 2.22 bits per heavy atom. The summed E-state index contributed by atoms with van der Waals surface area (Å²) < 4.78 is 0. The number of fused-ring (bicyclic) bond motifs is 1. The van der Waals surface area contributed by atoms with Crippen LogP contribution in [-0.4, -0.2) is 30.6 Å². The molecule has 2 heterocycles. The van der Waals surface area contributed by atoms with Gasteiger partial charge in [0.25, 0.3) is 0 Å². The van der Waals surface area contributed by atoms with Gasteiger partial charge in [-0.3, -0.25) is 4.90 Å². The first-order valence-electron chi connectivity index (χ1n) is 3.34. The molecular weight excluding hydrogens is 136 g/mol. The van der Waals surface area contributed by atoms with Crippen molar-refractivity contribution in [3.05, 3.63) is 0 Å². The quantitative estimate of drug-likeness (QED) is 0.534. The van der Waals surface area contributed by atoms with Crippen LogP contribution in [0.5, 0.6) is 0 Å². The van der Waals surface area contributed by atoms with Crippen LogP contribution < -0.4 is 5.73 Å². The Morgan fingerprint density at radius 3 is 2.56 bits per heavy atom. The molecule has 2 nitrogen and oxygen atoms in total. The lowest BCUT2D eigenvalue weighted by Gasteiger charge is -2.04. The highest BCUT2D eigenvalue weighted by atomic mass is 35.5. The molecule has 2 N–H and O–H groups in total. The molecule has 0 aromatic carbocycles. The van der Waals surface area contributed by atoms with Crippen molar-refractivity contribution in [1.29, 1.82) is 0 Å². The highest BCUT2D eigenvalue weighted by Crippen LogP contribution is 2.32. The van der Waals surface area contributed by atoms with E-state index in [4.69, 9.17) is 5.73 Å². The van der Waals surface area contributed by atoms with E-state index < -0.39 is 0 Å². The fourth-order valence-corrected chi connectivity index (χ4v) is 1.63. The molecule has 2 rings (SSSR count). The number of hydrogen-bond acceptors (Lipinski definition) is 2. The Bertz CT molecular complexity index is 97.2. The molecule has 9 heavy (non-hydrogen) atoms. The Kier molecular flexibility index (Phi) is 1.99. The van der Waals surface area contributed by atoms with Gasteiger partial charge in [-0.05, 0) is 18.9 Å². The zero-order chi connectivity index (χ0) is 5.56. The molecule has 0 spiro atoms. The van der Waals surface area contributed by atoms with E-state index in [1.165, 1.54) is 19.5 Å². The first-order chi connectivity index (χ1) is 3.90. The number of nitrogens with two attached hydrogens (primary N) is 1. The normalized spacial score (nSPS) is 45.7. The second-order valence-corrected chi connectivity index (χ2v) is 2.95. The van der Waals surface area contributed by atoms with Gasteiger partial charge in [-0.15, -0.1) is 12.4 Å². The molecule has 0 aromatic rings. The van der Waals surface area contributed by atoms with Gasteiger partial charge in [0.15, 0.2) is 0 Å². The molecule has 0 aromatic heterocycles. The number of hydrogen-bond donors (Lipinski definition) is 1. The molecule has 2 aliphatic rings. The molecule has 3 atom stereocenters. The van der Waals surface area contributed by atoms with E-state index in [0.29, 0.717) is 0 Å². The molecule has 3 heteroatoms. The van der Waals surface area contributed by atoms with E-state index in [2.05, 4.69) is 4.90 Å². The van der Waals surface area contributed by atoms with E-state index in [-0.39, 0.29) is 12.4 Å². The van der Waals surface area contributed by atoms with Crippen LogP contribution in [0, 0.1) is 5.92 Å². The average molecular weight is 149 g/mol. The smallest absolute Gasteiger partial charge is 0.0227 e. The summed E-state index contributed by atoms with van der Waals surface area (Å²) in [5.41, 5.74) is 5.49. The molecular formula is C6H13ClN2. The van der Waals surface area contributed by atoms with Crippen molar-refractivity contribution in [2.45, 2.75) is 12.5 Å². The van der Waals surface area contributed by atoms with Crippen LogP contribution in [0.1, 0.15) is 6.42 Å². The third kappa shape index (κ3) is 1.20. The summed E-state index contributed by atoms with van der Waals surface area (Å²) >= 11 is 0. The van der Waals surface area contributed by atoms with Gasteiger partial charge < -0.3 is 5.73 Å². The maximum absolute atomic E-state index is 5.49. The van der Waals surface area contributed by atoms with Crippen molar-refractivity contribution >= 4 is 12.4 Å². The monoisotopic (exact) mass is 148 g/mol. The molecule has 3 unspecified atom stereocenters. The lowest BCUT2D eigenvalue weighted by molar-refractivity contribution is 0.489. The number of piperidine rings is 1. The SMILES string of the molecule is Cl.NCC1CC2CN2C1. The van der Waals surface area contributed by atoms with Crippen LogP contribution in [0.3, 0.4) is 0 Å². The average Bonchev–Trinajstić information content (AvgIpc) is 2.40. The molecule has 54 valence electrons. The summed E-state index contributed by atoms with van der Waals surface area (Å²) in [5, 5.41) is 0. The Labute approximate surface area is 61.8 Å². The van der Waals surface area contributed by atoms with Crippen LogP contribution in [-0.2, 0) is 0 Å². The zero-order valence-corrected chi connectivity index (χ0v) is 6.23. The van der Waals surface area contributed by atoms with E-state index in [0.717, 1.165) is 18.5 Å². The molecule has 2 fully saturated rings. The van der Waals surface area contributed by atoms with Crippen molar-refractivity contribution in [2.24, 2.45) is 11.7 Å². The summed E-state index contributed by atoms with van der Waals surface area (Å²) in [7, 11) is 0. The highest BCUT2D eigenvalue weighted by molar-refractivity contribution is 5.85. The van der Waals surface area contributed by atoms with Crippen molar-refractivity contribution in [2.75, 3.05) is 19.6 Å². The molecule has 0 saturated carbocycles. The van der Waals surface area contributed by atoms with Crippen molar-refractivity contribution in [3.8, 4) is 0 Å². The van der Waals surface area contributed by atoms with Gasteiger partial charge in [0.2, 0.25) is 0 Å². The minimum atomic E-state index is 0. The topological polar surface area (TPSA) is 29.0 Å². The second-order valence-electron chi connectivity index (χ2n) is 2.95. The van der Waals surface area contributed by atoms with Crippen molar-refractivity contribution in [3.63, 3.8) is 0 Å². The van der Waals surface area contributed by atoms with Gasteiger partial charge in [0, 0.05) is 19.1 Å². The Morgan fingerprint density at radius 1 is 1.44 bits per heavy atom. The van der Waals surface area contributed by atoms with Gasteiger partial charge in [-0.2, -0.15) is 0 Å². The summed E-state index contributed by atoms with van der Waals surface area (Å²) in [6.45, 7) is 3.53. The standard InChI is InChI=1S/C6H12N2.ClH/c7-2-5-1-6-4-8(6)3-5;/h5-6H,1-4,7H2;1H. The van der Waals surface area contributed by atoms with E-state index >= 15 is 0 Å². The summed E-state index contributed by atoms with van der Waals surface area (Å²) in [6.07, 6.45) is 1.37. The fraction of sp³-hybridized carbons (Fsp3) is 1.00. The predicted octanol–water partition coefficient (Wildman–Crippen LogP) is 0.0710. The van der Waals surface area contributed by atoms with Crippen molar-refractivity contribution < 1.29 is 0 Å². The number of halogens is 1. The van der Waals surface area contributed by atoms with Crippen LogP contribution in [0.4, 0.5) is 0 Å². The summed E-state index contributed by atoms with van der Waals surface area (Å²) in [4.78, 5) is 2.50. The fourth-order valence-electron chi connectivity index (χ4n) is 1.63. The van der Waals surface area contributed by atoms with Crippen molar-refractivity contribution in [1.82, 2.24) is 4.90 Å². The summed E-state index contributed by atoms with van der Waals surface area (Å²) in [5.74, 6) is 0.828. The van der Waals surface area contributed by atoms with Crippen LogP contribution in [0.2, 0.25) is 0 Å². The van der Waals surface area contributed by atoms with Crippen LogP contribution >= 0.6 is 12.4 Å². The molecule has 2 saturated heterocycles. The maximum atomic E-state index is 5.49. The second kappa shape index (κ2) is 2.45. The third-order valence-electron chi connectivity index (χ3n) is 2.26. The third-order valence-corrected chi connectivity index (χ3v) is 2.26. The van der Waals surface area contributed by atoms with Crippen LogP contribution in [0.15, 0.2) is 0 Å². The van der Waals surface area contributed by atoms with E-state index in [1.54, 1.807) is 0 Å². The molecule has 0 amide bonds. The maximum Gasteiger partial charge on any atom is 0.0227 e. The van der Waals surface area contributed by atoms with Crippen LogP contribution in [0.25, 0.3) is 0 Å². The van der Waals surface area contributed by atoms with E-state index in [9.17, 15) is 0 Å². The van der Waals surface area contributed by atoms with Gasteiger partial charge in [0.1, 0.15) is 0 Å². The highest BCUT2D eigenvalue weighted by Gasteiger charge is 2.42. The van der Waals surface area contributed by atoms with Gasteiger partial charge in [0.05, 0.1) is 0 Å². The van der Waals surface area contributed by atoms with Gasteiger partial charge >= 0.3 is 0 Å². The molecule has 0 radical (unpaired) electrons. The summed E-state index contributed by atoms with van der Waals surface area (Å²) in [6, 6.07) is 0.948. The largest absolute Gasteiger partial charge is 0.330 e. The van der Waals surface area contributed by atoms with E-state index in [1.807, 2.05) is 0 Å². The zero-order valence-electron chi connectivity index (χ0n) is 5.42. The minimum absolute atomic E-state index is 0. The lowest BCUT2D eigenvalue weighted by Crippen LogP contribution is -2.17. The van der Waals surface area contributed by atoms with Gasteiger partial charge in [-0.1, -0.05) is 0 Å². The predicted molar refractivity (Wildman–Crippen MR) is 39.8 cm³/mol. The first-order valence-corrected chi connectivity index (χ1v) is 3.34. The minimum Gasteiger partial charge on any atom is -0.330 e. The molecule has 2 aliphatic heterocycles. The molecule has 0 aliphatic carbocycles. The van der Waals surface area contributed by atoms with Gasteiger partial charge in [-0.25, -0.2) is 0 Å². The first kappa shape index (κ1) is 7.32. The Balaban J connectivity index is 0.000000405. The number of nitrogens with zero attached hydrogens (tertiary/aromatic N) is 1. The molecule has 0 bridgehead atoms. The number of rotatable bonds is 1. The lowest BCUT2D eigenvalue weighted by atomic mass is 10.1. The Hall–Kier alpha value is 0.210.